The third-order valence-corrected chi connectivity index (χ3v) is 3.84. The second-order valence-electron chi connectivity index (χ2n) is 5.72. The Morgan fingerprint density at radius 2 is 1.90 bits per heavy atom. The van der Waals surface area contributed by atoms with Crippen molar-refractivity contribution in [1.29, 1.82) is 0 Å². The Hall–Kier alpha value is -1.84. The molecule has 0 radical (unpaired) electrons. The number of nitrogens with zero attached hydrogens (tertiary/aromatic N) is 1. The normalized spacial score (nSPS) is 22.4. The van der Waals surface area contributed by atoms with Gasteiger partial charge in [-0.15, -0.1) is 0 Å². The summed E-state index contributed by atoms with van der Waals surface area (Å²) < 4.78 is 5.94. The molecule has 110 valence electrons. The van der Waals surface area contributed by atoms with Crippen molar-refractivity contribution in [2.45, 2.75) is 25.7 Å². The monoisotopic (exact) mass is 283 g/mol. The average Bonchev–Trinajstić information content (AvgIpc) is 2.80. The summed E-state index contributed by atoms with van der Waals surface area (Å²) in [6.45, 7) is 4.31. The van der Waals surface area contributed by atoms with Gasteiger partial charge < -0.3 is 9.84 Å². The SMILES string of the molecule is Cc1cccc(O[C@@H]2CN(Cc3ccccc3)C[C@H]2O)c1. The number of β-amino-alcohol motifs (C(OH)–C–C–N with tert-alkyl or cyclic N) is 1. The lowest BCUT2D eigenvalue weighted by atomic mass is 10.2. The molecular weight excluding hydrogens is 262 g/mol. The predicted octanol–water partition coefficient (Wildman–Crippen LogP) is 2.62. The van der Waals surface area contributed by atoms with Crippen LogP contribution in [0.5, 0.6) is 5.75 Å². The van der Waals surface area contributed by atoms with Crippen molar-refractivity contribution in [1.82, 2.24) is 4.90 Å². The highest BCUT2D eigenvalue weighted by Gasteiger charge is 2.32. The minimum absolute atomic E-state index is 0.157. The quantitative estimate of drug-likeness (QED) is 0.936. The van der Waals surface area contributed by atoms with Crippen LogP contribution in [0.2, 0.25) is 0 Å². The first-order chi connectivity index (χ1) is 10.2. The maximum atomic E-state index is 10.2. The molecule has 0 unspecified atom stereocenters. The third kappa shape index (κ3) is 3.63. The number of aryl methyl sites for hydroxylation is 1. The Labute approximate surface area is 125 Å². The van der Waals surface area contributed by atoms with Gasteiger partial charge in [0.05, 0.1) is 0 Å². The zero-order chi connectivity index (χ0) is 14.7. The van der Waals surface area contributed by atoms with Crippen LogP contribution in [-0.4, -0.2) is 35.3 Å². The molecule has 0 amide bonds. The van der Waals surface area contributed by atoms with E-state index >= 15 is 0 Å². The van der Waals surface area contributed by atoms with E-state index < -0.39 is 6.10 Å². The summed E-state index contributed by atoms with van der Waals surface area (Å²) in [7, 11) is 0. The largest absolute Gasteiger partial charge is 0.486 e. The van der Waals surface area contributed by atoms with Gasteiger partial charge in [-0.3, -0.25) is 4.90 Å². The van der Waals surface area contributed by atoms with E-state index in [2.05, 4.69) is 17.0 Å². The molecule has 3 rings (SSSR count). The number of hydrogen-bond donors (Lipinski definition) is 1. The minimum atomic E-state index is -0.436. The summed E-state index contributed by atoms with van der Waals surface area (Å²) in [6.07, 6.45) is -0.593. The maximum Gasteiger partial charge on any atom is 0.138 e. The van der Waals surface area contributed by atoms with Crippen molar-refractivity contribution in [2.75, 3.05) is 13.1 Å². The molecule has 1 heterocycles. The van der Waals surface area contributed by atoms with Crippen LogP contribution in [0.25, 0.3) is 0 Å². The Kier molecular flexibility index (Phi) is 4.23. The Morgan fingerprint density at radius 3 is 2.67 bits per heavy atom. The van der Waals surface area contributed by atoms with Crippen LogP contribution >= 0.6 is 0 Å². The fraction of sp³-hybridized carbons (Fsp3) is 0.333. The average molecular weight is 283 g/mol. The van der Waals surface area contributed by atoms with Crippen molar-refractivity contribution in [3.63, 3.8) is 0 Å². The van der Waals surface area contributed by atoms with Crippen molar-refractivity contribution < 1.29 is 9.84 Å². The first kappa shape index (κ1) is 14.1. The van der Waals surface area contributed by atoms with Gasteiger partial charge in [0, 0.05) is 19.6 Å². The van der Waals surface area contributed by atoms with E-state index in [1.165, 1.54) is 11.1 Å². The molecule has 1 aliphatic rings. The first-order valence-electron chi connectivity index (χ1n) is 7.38. The zero-order valence-corrected chi connectivity index (χ0v) is 12.3. The number of hydrogen-bond acceptors (Lipinski definition) is 3. The molecule has 0 aliphatic carbocycles. The molecule has 1 saturated heterocycles. The van der Waals surface area contributed by atoms with E-state index in [0.717, 1.165) is 18.8 Å². The molecule has 0 spiro atoms. The first-order valence-corrected chi connectivity index (χ1v) is 7.38. The lowest BCUT2D eigenvalue weighted by molar-refractivity contribution is 0.0736. The summed E-state index contributed by atoms with van der Waals surface area (Å²) in [5.41, 5.74) is 2.43. The van der Waals surface area contributed by atoms with E-state index in [1.54, 1.807) is 0 Å². The molecule has 2 atom stereocenters. The van der Waals surface area contributed by atoms with Gasteiger partial charge in [0.1, 0.15) is 18.0 Å². The molecular formula is C18H21NO2. The topological polar surface area (TPSA) is 32.7 Å². The van der Waals surface area contributed by atoms with E-state index in [9.17, 15) is 5.11 Å². The van der Waals surface area contributed by atoms with Gasteiger partial charge >= 0.3 is 0 Å². The molecule has 0 aromatic heterocycles. The second-order valence-corrected chi connectivity index (χ2v) is 5.72. The lowest BCUT2D eigenvalue weighted by Gasteiger charge is -2.17. The smallest absolute Gasteiger partial charge is 0.138 e. The van der Waals surface area contributed by atoms with Crippen LogP contribution in [0.3, 0.4) is 0 Å². The summed E-state index contributed by atoms with van der Waals surface area (Å²) >= 11 is 0. The molecule has 2 aromatic rings. The molecule has 1 N–H and O–H groups in total. The Bertz CT molecular complexity index is 585. The van der Waals surface area contributed by atoms with Crippen LogP contribution in [0.4, 0.5) is 0 Å². The minimum Gasteiger partial charge on any atom is -0.486 e. The molecule has 3 nitrogen and oxygen atoms in total. The van der Waals surface area contributed by atoms with E-state index in [1.807, 2.05) is 49.4 Å². The van der Waals surface area contributed by atoms with Gasteiger partial charge in [0.25, 0.3) is 0 Å². The number of aliphatic hydroxyl groups excluding tert-OH is 1. The van der Waals surface area contributed by atoms with Gasteiger partial charge in [-0.25, -0.2) is 0 Å². The number of rotatable bonds is 4. The number of benzene rings is 2. The van der Waals surface area contributed by atoms with Crippen molar-refractivity contribution >= 4 is 0 Å². The summed E-state index contributed by atoms with van der Waals surface area (Å²) in [4.78, 5) is 2.24. The van der Waals surface area contributed by atoms with Crippen LogP contribution in [0, 0.1) is 6.92 Å². The number of ether oxygens (including phenoxy) is 1. The van der Waals surface area contributed by atoms with Crippen molar-refractivity contribution in [3.8, 4) is 5.75 Å². The Morgan fingerprint density at radius 1 is 1.10 bits per heavy atom. The molecule has 1 fully saturated rings. The molecule has 3 heteroatoms. The standard InChI is InChI=1S/C18H21NO2/c1-14-6-5-9-16(10-14)21-18-13-19(12-17(18)20)11-15-7-3-2-4-8-15/h2-10,17-18,20H,11-13H2,1H3/t17-,18-/m1/s1. The van der Waals surface area contributed by atoms with Crippen molar-refractivity contribution in [3.05, 3.63) is 65.7 Å². The summed E-state index contributed by atoms with van der Waals surface area (Å²) in [5, 5.41) is 10.2. The number of aliphatic hydroxyl groups is 1. The Balaban J connectivity index is 1.61. The third-order valence-electron chi connectivity index (χ3n) is 3.84. The lowest BCUT2D eigenvalue weighted by Crippen LogP contribution is -2.29. The van der Waals surface area contributed by atoms with E-state index in [-0.39, 0.29) is 6.10 Å². The number of likely N-dealkylation sites (tertiary alicyclic amines) is 1. The van der Waals surface area contributed by atoms with Gasteiger partial charge in [0.2, 0.25) is 0 Å². The summed E-state index contributed by atoms with van der Waals surface area (Å²) in [5.74, 6) is 0.834. The predicted molar refractivity (Wildman–Crippen MR) is 83.3 cm³/mol. The molecule has 1 aliphatic heterocycles. The highest BCUT2D eigenvalue weighted by atomic mass is 16.5. The molecule has 21 heavy (non-hydrogen) atoms. The van der Waals surface area contributed by atoms with Gasteiger partial charge in [-0.2, -0.15) is 0 Å². The van der Waals surface area contributed by atoms with Crippen LogP contribution in [0.15, 0.2) is 54.6 Å². The van der Waals surface area contributed by atoms with Gasteiger partial charge in [-0.05, 0) is 30.2 Å². The fourth-order valence-electron chi connectivity index (χ4n) is 2.78. The van der Waals surface area contributed by atoms with E-state index in [4.69, 9.17) is 4.74 Å². The maximum absolute atomic E-state index is 10.2. The van der Waals surface area contributed by atoms with Gasteiger partial charge in [-0.1, -0.05) is 42.5 Å². The molecule has 0 bridgehead atoms. The van der Waals surface area contributed by atoms with Crippen LogP contribution in [0.1, 0.15) is 11.1 Å². The van der Waals surface area contributed by atoms with Crippen molar-refractivity contribution in [2.24, 2.45) is 0 Å². The zero-order valence-electron chi connectivity index (χ0n) is 12.3. The molecule has 0 saturated carbocycles. The van der Waals surface area contributed by atoms with Gasteiger partial charge in [0.15, 0.2) is 0 Å². The fourth-order valence-corrected chi connectivity index (χ4v) is 2.78. The highest BCUT2D eigenvalue weighted by molar-refractivity contribution is 5.28. The van der Waals surface area contributed by atoms with Crippen LogP contribution < -0.4 is 4.74 Å². The van der Waals surface area contributed by atoms with E-state index in [0.29, 0.717) is 6.54 Å². The highest BCUT2D eigenvalue weighted by Crippen LogP contribution is 2.21. The second kappa shape index (κ2) is 6.29. The summed E-state index contributed by atoms with van der Waals surface area (Å²) in [6, 6.07) is 18.3. The van der Waals surface area contributed by atoms with Crippen LogP contribution in [-0.2, 0) is 6.54 Å². The molecule has 2 aromatic carbocycles.